The van der Waals surface area contributed by atoms with E-state index in [1.165, 1.54) is 19.2 Å². The van der Waals surface area contributed by atoms with Gasteiger partial charge in [-0.25, -0.2) is 14.1 Å². The van der Waals surface area contributed by atoms with Crippen molar-refractivity contribution >= 4 is 46.1 Å². The van der Waals surface area contributed by atoms with Gasteiger partial charge in [-0.05, 0) is 76.2 Å². The second-order valence-electron chi connectivity index (χ2n) is 8.39. The fourth-order valence-electron chi connectivity index (χ4n) is 3.97. The van der Waals surface area contributed by atoms with Gasteiger partial charge in [0.1, 0.15) is 23.7 Å². The molecule has 1 heterocycles. The summed E-state index contributed by atoms with van der Waals surface area (Å²) in [5.41, 5.74) is -0.372. The summed E-state index contributed by atoms with van der Waals surface area (Å²) in [7, 11) is 1.47. The molecule has 0 radical (unpaired) electrons. The van der Waals surface area contributed by atoms with Crippen molar-refractivity contribution < 1.29 is 36.7 Å². The molecule has 2 atom stereocenters. The van der Waals surface area contributed by atoms with Crippen molar-refractivity contribution in [3.8, 4) is 5.75 Å². The van der Waals surface area contributed by atoms with Gasteiger partial charge >= 0.3 is 12.2 Å². The first-order valence-corrected chi connectivity index (χ1v) is 12.3. The molecule has 1 fully saturated rings. The van der Waals surface area contributed by atoms with Gasteiger partial charge in [-0.1, -0.05) is 24.3 Å². The maximum atomic E-state index is 14.4. The Morgan fingerprint density at radius 2 is 1.74 bits per heavy atom. The van der Waals surface area contributed by atoms with Gasteiger partial charge in [0.05, 0.1) is 18.4 Å². The summed E-state index contributed by atoms with van der Waals surface area (Å²) in [4.78, 5) is 40.4. The highest BCUT2D eigenvalue weighted by Gasteiger charge is 2.45. The number of alkyl halides is 3. The minimum atomic E-state index is -4.56. The highest BCUT2D eigenvalue weighted by Crippen LogP contribution is 2.31. The van der Waals surface area contributed by atoms with E-state index in [0.29, 0.717) is 19.8 Å². The molecule has 0 bridgehead atoms. The molecular weight excluding hydrogens is 621 g/mol. The number of rotatable bonds is 7. The van der Waals surface area contributed by atoms with Gasteiger partial charge in [0.15, 0.2) is 0 Å². The number of carbonyl (C=O) groups excluding carboxylic acids is 3. The van der Waals surface area contributed by atoms with Crippen molar-refractivity contribution in [1.29, 1.82) is 0 Å². The standard InChI is InChI=1S/C26H20F4IN3O4/c1-38-18-9-4-15(5-10-18)22-24(36)34(25(37)33-22)21(12-14-2-6-16(7-3-14)26(28,29)30)23(35)32-20-11-8-17(31)13-19(20)27/h2-11,13,21-22H,12H2,1H3,(H,32,35)(H,33,37)/t21-,22+/m0/s1. The molecule has 4 rings (SSSR count). The smallest absolute Gasteiger partial charge is 0.416 e. The molecule has 12 heteroatoms. The molecule has 0 aliphatic carbocycles. The molecule has 198 valence electrons. The lowest BCUT2D eigenvalue weighted by Crippen LogP contribution is -2.49. The number of benzene rings is 3. The van der Waals surface area contributed by atoms with Gasteiger partial charge < -0.3 is 15.4 Å². The molecule has 3 aromatic rings. The Balaban J connectivity index is 1.65. The van der Waals surface area contributed by atoms with Crippen LogP contribution in [-0.4, -0.2) is 35.9 Å². The van der Waals surface area contributed by atoms with Gasteiger partial charge in [-0.3, -0.25) is 9.59 Å². The van der Waals surface area contributed by atoms with Gasteiger partial charge in [0.25, 0.3) is 5.91 Å². The van der Waals surface area contributed by atoms with Crippen LogP contribution in [0.5, 0.6) is 5.75 Å². The second kappa shape index (κ2) is 11.0. The average Bonchev–Trinajstić information content (AvgIpc) is 3.17. The van der Waals surface area contributed by atoms with E-state index in [2.05, 4.69) is 10.6 Å². The van der Waals surface area contributed by atoms with E-state index >= 15 is 0 Å². The van der Waals surface area contributed by atoms with Crippen LogP contribution in [0.1, 0.15) is 22.7 Å². The van der Waals surface area contributed by atoms with Crippen LogP contribution in [0.3, 0.4) is 0 Å². The Morgan fingerprint density at radius 3 is 2.32 bits per heavy atom. The Morgan fingerprint density at radius 1 is 1.08 bits per heavy atom. The van der Waals surface area contributed by atoms with Crippen LogP contribution in [0, 0.1) is 9.39 Å². The lowest BCUT2D eigenvalue weighted by molar-refractivity contribution is -0.137. The van der Waals surface area contributed by atoms with Crippen molar-refractivity contribution in [3.05, 3.63) is 92.8 Å². The van der Waals surface area contributed by atoms with E-state index < -0.39 is 47.5 Å². The lowest BCUT2D eigenvalue weighted by Gasteiger charge is -2.25. The van der Waals surface area contributed by atoms with Gasteiger partial charge in [0, 0.05) is 9.99 Å². The van der Waals surface area contributed by atoms with E-state index in [0.717, 1.165) is 24.3 Å². The maximum Gasteiger partial charge on any atom is 0.416 e. The van der Waals surface area contributed by atoms with Gasteiger partial charge in [0.2, 0.25) is 5.91 Å². The summed E-state index contributed by atoms with van der Waals surface area (Å²) in [6.07, 6.45) is -4.86. The largest absolute Gasteiger partial charge is 0.497 e. The summed E-state index contributed by atoms with van der Waals surface area (Å²) in [5.74, 6) is -1.83. The zero-order valence-electron chi connectivity index (χ0n) is 19.7. The molecule has 1 aliphatic heterocycles. The predicted octanol–water partition coefficient (Wildman–Crippen LogP) is 5.30. The average molecular weight is 641 g/mol. The molecule has 3 aromatic carbocycles. The Labute approximate surface area is 228 Å². The van der Waals surface area contributed by atoms with E-state index in [9.17, 15) is 31.9 Å². The number of nitrogens with zero attached hydrogens (tertiary/aromatic N) is 1. The molecule has 0 aromatic heterocycles. The van der Waals surface area contributed by atoms with Crippen molar-refractivity contribution in [2.45, 2.75) is 24.7 Å². The first kappa shape index (κ1) is 27.4. The van der Waals surface area contributed by atoms with Crippen molar-refractivity contribution in [1.82, 2.24) is 10.2 Å². The molecule has 0 saturated carbocycles. The van der Waals surface area contributed by atoms with Crippen molar-refractivity contribution in [3.63, 3.8) is 0 Å². The number of hydrogen-bond donors (Lipinski definition) is 2. The third kappa shape index (κ3) is 5.90. The number of halogens is 5. The number of methoxy groups -OCH3 is 1. The van der Waals surface area contributed by atoms with Crippen LogP contribution in [0.2, 0.25) is 0 Å². The van der Waals surface area contributed by atoms with E-state index in [4.69, 9.17) is 4.74 Å². The third-order valence-corrected chi connectivity index (χ3v) is 6.60. The number of urea groups is 1. The SMILES string of the molecule is COc1ccc([C@H]2NC(=O)N([C@@H](Cc3ccc(C(F)(F)F)cc3)C(=O)Nc3ccc(I)cc3F)C2=O)cc1. The Hall–Kier alpha value is -3.68. The van der Waals surface area contributed by atoms with E-state index in [-0.39, 0.29) is 17.7 Å². The molecule has 38 heavy (non-hydrogen) atoms. The summed E-state index contributed by atoms with van der Waals surface area (Å²) in [6.45, 7) is 0. The summed E-state index contributed by atoms with van der Waals surface area (Å²) < 4.78 is 59.1. The maximum absolute atomic E-state index is 14.4. The van der Waals surface area contributed by atoms with Crippen LogP contribution in [0.15, 0.2) is 66.7 Å². The third-order valence-electron chi connectivity index (χ3n) is 5.93. The molecule has 0 spiro atoms. The van der Waals surface area contributed by atoms with Crippen LogP contribution in [-0.2, 0) is 22.2 Å². The van der Waals surface area contributed by atoms with E-state index in [1.807, 2.05) is 22.6 Å². The normalized spacial score (nSPS) is 16.3. The molecule has 1 saturated heterocycles. The van der Waals surface area contributed by atoms with Crippen LogP contribution < -0.4 is 15.4 Å². The Bertz CT molecular complexity index is 1360. The minimum Gasteiger partial charge on any atom is -0.497 e. The summed E-state index contributed by atoms with van der Waals surface area (Å²) in [5, 5.41) is 4.93. The first-order chi connectivity index (χ1) is 18.0. The Kier molecular flexibility index (Phi) is 7.90. The van der Waals surface area contributed by atoms with E-state index in [1.54, 1.807) is 30.3 Å². The zero-order chi connectivity index (χ0) is 27.6. The molecule has 2 N–H and O–H groups in total. The lowest BCUT2D eigenvalue weighted by atomic mass is 10.0. The van der Waals surface area contributed by atoms with Gasteiger partial charge in [-0.15, -0.1) is 0 Å². The fraction of sp³-hybridized carbons (Fsp3) is 0.192. The number of carbonyl (C=O) groups is 3. The molecule has 1 aliphatic rings. The predicted molar refractivity (Wildman–Crippen MR) is 138 cm³/mol. The topological polar surface area (TPSA) is 87.7 Å². The van der Waals surface area contributed by atoms with Crippen LogP contribution in [0.25, 0.3) is 0 Å². The fourth-order valence-corrected chi connectivity index (χ4v) is 4.43. The summed E-state index contributed by atoms with van der Waals surface area (Å²) in [6, 6.07) is 11.0. The number of ether oxygens (including phenoxy) is 1. The summed E-state index contributed by atoms with van der Waals surface area (Å²) >= 11 is 1.89. The monoisotopic (exact) mass is 641 g/mol. The number of hydrogen-bond acceptors (Lipinski definition) is 4. The number of amides is 4. The quantitative estimate of drug-likeness (QED) is 0.208. The highest BCUT2D eigenvalue weighted by molar-refractivity contribution is 14.1. The van der Waals surface area contributed by atoms with Gasteiger partial charge in [-0.2, -0.15) is 13.2 Å². The van der Waals surface area contributed by atoms with Crippen molar-refractivity contribution in [2.75, 3.05) is 12.4 Å². The van der Waals surface area contributed by atoms with Crippen LogP contribution in [0.4, 0.5) is 28.0 Å². The number of imide groups is 1. The molecule has 4 amide bonds. The minimum absolute atomic E-state index is 0.174. The molecule has 0 unspecified atom stereocenters. The highest BCUT2D eigenvalue weighted by atomic mass is 127. The first-order valence-electron chi connectivity index (χ1n) is 11.2. The van der Waals surface area contributed by atoms with Crippen molar-refractivity contribution in [2.24, 2.45) is 0 Å². The number of nitrogens with one attached hydrogen (secondary N) is 2. The molecule has 7 nitrogen and oxygen atoms in total. The molecular formula is C26H20F4IN3O4. The zero-order valence-corrected chi connectivity index (χ0v) is 21.8. The second-order valence-corrected chi connectivity index (χ2v) is 9.64. The van der Waals surface area contributed by atoms with Crippen LogP contribution >= 0.6 is 22.6 Å². The number of anilines is 1.